The molecule has 3 heteroatoms. The van der Waals surface area contributed by atoms with Gasteiger partial charge in [0.2, 0.25) is 5.91 Å². The molecule has 2 fully saturated rings. The zero-order valence-electron chi connectivity index (χ0n) is 11.0. The molecule has 1 aliphatic heterocycles. The summed E-state index contributed by atoms with van der Waals surface area (Å²) in [6.45, 7) is 3.33. The number of hydrogen-bond acceptors (Lipinski definition) is 2. The summed E-state index contributed by atoms with van der Waals surface area (Å²) in [5, 5.41) is 9.84. The van der Waals surface area contributed by atoms with Gasteiger partial charge in [-0.25, -0.2) is 0 Å². The summed E-state index contributed by atoms with van der Waals surface area (Å²) >= 11 is 0. The predicted molar refractivity (Wildman–Crippen MR) is 67.6 cm³/mol. The van der Waals surface area contributed by atoms with Crippen LogP contribution in [0.2, 0.25) is 0 Å². The normalized spacial score (nSPS) is 25.2. The minimum Gasteiger partial charge on any atom is -0.390 e. The van der Waals surface area contributed by atoms with Crippen LogP contribution >= 0.6 is 0 Å². The van der Waals surface area contributed by atoms with E-state index >= 15 is 0 Å². The molecule has 2 rings (SSSR count). The van der Waals surface area contributed by atoms with E-state index in [1.54, 1.807) is 0 Å². The second-order valence-corrected chi connectivity index (χ2v) is 6.07. The van der Waals surface area contributed by atoms with E-state index in [0.29, 0.717) is 12.3 Å². The van der Waals surface area contributed by atoms with Crippen LogP contribution in [-0.2, 0) is 4.79 Å². The van der Waals surface area contributed by atoms with Crippen molar-refractivity contribution in [2.45, 2.75) is 63.9 Å². The lowest BCUT2D eigenvalue weighted by atomic mass is 9.93. The molecule has 1 saturated heterocycles. The van der Waals surface area contributed by atoms with Crippen LogP contribution in [0.3, 0.4) is 0 Å². The molecule has 1 aliphatic carbocycles. The van der Waals surface area contributed by atoms with Gasteiger partial charge < -0.3 is 10.0 Å². The van der Waals surface area contributed by atoms with Crippen molar-refractivity contribution >= 4 is 5.91 Å². The highest BCUT2D eigenvalue weighted by Gasteiger charge is 2.29. The molecular formula is C14H25NO2. The highest BCUT2D eigenvalue weighted by molar-refractivity contribution is 5.76. The molecule has 17 heavy (non-hydrogen) atoms. The third kappa shape index (κ3) is 3.70. The first-order chi connectivity index (χ1) is 8.07. The summed E-state index contributed by atoms with van der Waals surface area (Å²) in [5.41, 5.74) is -0.553. The van der Waals surface area contributed by atoms with Crippen molar-refractivity contribution < 1.29 is 9.90 Å². The average molecular weight is 239 g/mol. The maximum absolute atomic E-state index is 12.0. The first-order valence-electron chi connectivity index (χ1n) is 7.07. The zero-order valence-corrected chi connectivity index (χ0v) is 11.0. The third-order valence-corrected chi connectivity index (χ3v) is 4.43. The molecule has 0 bridgehead atoms. The number of amides is 1. The summed E-state index contributed by atoms with van der Waals surface area (Å²) in [4.78, 5) is 13.9. The van der Waals surface area contributed by atoms with E-state index in [-0.39, 0.29) is 0 Å². The van der Waals surface area contributed by atoms with Crippen LogP contribution in [0.1, 0.15) is 58.3 Å². The van der Waals surface area contributed by atoms with E-state index in [4.69, 9.17) is 0 Å². The number of nitrogens with zero attached hydrogens (tertiary/aromatic N) is 1. The van der Waals surface area contributed by atoms with Crippen LogP contribution in [0.15, 0.2) is 0 Å². The number of carbonyl (C=O) groups is 1. The molecule has 0 spiro atoms. The van der Waals surface area contributed by atoms with Crippen molar-refractivity contribution in [3.8, 4) is 0 Å². The first-order valence-corrected chi connectivity index (χ1v) is 7.07. The first kappa shape index (κ1) is 12.9. The highest BCUT2D eigenvalue weighted by atomic mass is 16.3. The molecule has 98 valence electrons. The van der Waals surface area contributed by atoms with Gasteiger partial charge in [-0.05, 0) is 32.1 Å². The zero-order chi connectivity index (χ0) is 12.3. The molecule has 1 saturated carbocycles. The van der Waals surface area contributed by atoms with Crippen LogP contribution in [0.25, 0.3) is 0 Å². The Labute approximate surface area is 104 Å². The topological polar surface area (TPSA) is 40.5 Å². The van der Waals surface area contributed by atoms with Crippen molar-refractivity contribution in [1.82, 2.24) is 4.90 Å². The van der Waals surface area contributed by atoms with Crippen molar-refractivity contribution in [3.63, 3.8) is 0 Å². The van der Waals surface area contributed by atoms with E-state index in [1.165, 1.54) is 25.7 Å². The largest absolute Gasteiger partial charge is 0.390 e. The number of hydrogen-bond donors (Lipinski definition) is 1. The van der Waals surface area contributed by atoms with Gasteiger partial charge in [-0.1, -0.05) is 25.7 Å². The summed E-state index contributed by atoms with van der Waals surface area (Å²) in [7, 11) is 0. The Bertz CT molecular complexity index is 259. The number of carbonyl (C=O) groups excluding carboxylic acids is 1. The lowest BCUT2D eigenvalue weighted by molar-refractivity contribution is -0.135. The van der Waals surface area contributed by atoms with E-state index < -0.39 is 5.60 Å². The van der Waals surface area contributed by atoms with Gasteiger partial charge in [-0.15, -0.1) is 0 Å². The van der Waals surface area contributed by atoms with Crippen LogP contribution in [-0.4, -0.2) is 34.6 Å². The SMILES string of the molecule is CC1(O)CCN(C(=O)CCC2CCCC2)CC1. The molecule has 0 aromatic heterocycles. The van der Waals surface area contributed by atoms with Crippen molar-refractivity contribution in [3.05, 3.63) is 0 Å². The average Bonchev–Trinajstić information content (AvgIpc) is 2.78. The van der Waals surface area contributed by atoms with E-state index in [0.717, 1.165) is 38.3 Å². The van der Waals surface area contributed by atoms with Gasteiger partial charge in [0.05, 0.1) is 5.60 Å². The Kier molecular flexibility index (Phi) is 4.08. The third-order valence-electron chi connectivity index (χ3n) is 4.43. The quantitative estimate of drug-likeness (QED) is 0.821. The predicted octanol–water partition coefficient (Wildman–Crippen LogP) is 2.33. The molecule has 1 heterocycles. The minimum atomic E-state index is -0.553. The molecular weight excluding hydrogens is 214 g/mol. The van der Waals surface area contributed by atoms with E-state index in [1.807, 2.05) is 11.8 Å². The molecule has 2 aliphatic rings. The molecule has 0 atom stereocenters. The Balaban J connectivity index is 1.69. The van der Waals surface area contributed by atoms with Crippen LogP contribution < -0.4 is 0 Å². The maximum Gasteiger partial charge on any atom is 0.222 e. The van der Waals surface area contributed by atoms with Crippen LogP contribution in [0.5, 0.6) is 0 Å². The monoisotopic (exact) mass is 239 g/mol. The second-order valence-electron chi connectivity index (χ2n) is 6.07. The van der Waals surface area contributed by atoms with Gasteiger partial charge in [0.15, 0.2) is 0 Å². The molecule has 3 nitrogen and oxygen atoms in total. The lowest BCUT2D eigenvalue weighted by Gasteiger charge is -2.36. The molecule has 0 aromatic rings. The fraction of sp³-hybridized carbons (Fsp3) is 0.929. The van der Waals surface area contributed by atoms with Crippen molar-refractivity contribution in [2.75, 3.05) is 13.1 Å². The fourth-order valence-corrected chi connectivity index (χ4v) is 3.02. The maximum atomic E-state index is 12.0. The van der Waals surface area contributed by atoms with Gasteiger partial charge in [-0.2, -0.15) is 0 Å². The molecule has 1 N–H and O–H groups in total. The van der Waals surface area contributed by atoms with Crippen molar-refractivity contribution in [1.29, 1.82) is 0 Å². The summed E-state index contributed by atoms with van der Waals surface area (Å²) in [6.07, 6.45) is 8.59. The van der Waals surface area contributed by atoms with Crippen LogP contribution in [0, 0.1) is 5.92 Å². The van der Waals surface area contributed by atoms with E-state index in [9.17, 15) is 9.90 Å². The molecule has 1 amide bonds. The van der Waals surface area contributed by atoms with Gasteiger partial charge in [0.1, 0.15) is 0 Å². The van der Waals surface area contributed by atoms with Crippen molar-refractivity contribution in [2.24, 2.45) is 5.92 Å². The van der Waals surface area contributed by atoms with Gasteiger partial charge >= 0.3 is 0 Å². The number of rotatable bonds is 3. The number of likely N-dealkylation sites (tertiary alicyclic amines) is 1. The molecule has 0 aromatic carbocycles. The molecule has 0 unspecified atom stereocenters. The Morgan fingerprint density at radius 3 is 2.47 bits per heavy atom. The number of piperidine rings is 1. The fourth-order valence-electron chi connectivity index (χ4n) is 3.02. The molecule has 0 radical (unpaired) electrons. The summed E-state index contributed by atoms with van der Waals surface area (Å²) in [5.74, 6) is 1.10. The van der Waals surface area contributed by atoms with Gasteiger partial charge in [0.25, 0.3) is 0 Å². The smallest absolute Gasteiger partial charge is 0.222 e. The van der Waals surface area contributed by atoms with Gasteiger partial charge in [0, 0.05) is 19.5 Å². The minimum absolute atomic E-state index is 0.299. The Hall–Kier alpha value is -0.570. The number of aliphatic hydroxyl groups is 1. The Morgan fingerprint density at radius 2 is 1.88 bits per heavy atom. The summed E-state index contributed by atoms with van der Waals surface area (Å²) < 4.78 is 0. The lowest BCUT2D eigenvalue weighted by Crippen LogP contribution is -2.45. The van der Waals surface area contributed by atoms with E-state index in [2.05, 4.69) is 0 Å². The van der Waals surface area contributed by atoms with Gasteiger partial charge in [-0.3, -0.25) is 4.79 Å². The standard InChI is InChI=1S/C14H25NO2/c1-14(17)8-10-15(11-9-14)13(16)7-6-12-4-2-3-5-12/h12,17H,2-11H2,1H3. The summed E-state index contributed by atoms with van der Waals surface area (Å²) in [6, 6.07) is 0. The second kappa shape index (κ2) is 5.38. The highest BCUT2D eigenvalue weighted by Crippen LogP contribution is 2.29. The Morgan fingerprint density at radius 1 is 1.29 bits per heavy atom. The van der Waals surface area contributed by atoms with Crippen LogP contribution in [0.4, 0.5) is 0 Å².